The number of benzene rings is 2. The highest BCUT2D eigenvalue weighted by Crippen LogP contribution is 2.18. The summed E-state index contributed by atoms with van der Waals surface area (Å²) in [5.41, 5.74) is 8.76. The number of aromatic nitrogens is 2. The smallest absolute Gasteiger partial charge is 0.313 e. The van der Waals surface area contributed by atoms with Crippen molar-refractivity contribution in [1.29, 1.82) is 0 Å². The third kappa shape index (κ3) is 3.97. The number of anilines is 1. The molecule has 5 nitrogen and oxygen atoms in total. The van der Waals surface area contributed by atoms with Gasteiger partial charge >= 0.3 is 6.01 Å². The summed E-state index contributed by atoms with van der Waals surface area (Å²) in [5.74, 6) is 1.18. The molecule has 2 aromatic carbocycles. The van der Waals surface area contributed by atoms with Gasteiger partial charge in [-0.25, -0.2) is 0 Å². The summed E-state index contributed by atoms with van der Waals surface area (Å²) in [6.07, 6.45) is 3.58. The lowest BCUT2D eigenvalue weighted by molar-refractivity contribution is 0.305. The molecule has 3 rings (SSSR count). The predicted molar refractivity (Wildman–Crippen MR) is 89.6 cm³/mol. The third-order valence-corrected chi connectivity index (χ3v) is 3.39. The van der Waals surface area contributed by atoms with Crippen molar-refractivity contribution in [2.45, 2.75) is 13.5 Å². The zero-order valence-corrected chi connectivity index (χ0v) is 12.8. The minimum absolute atomic E-state index is 0.0555. The van der Waals surface area contributed by atoms with Crippen LogP contribution in [-0.2, 0) is 6.61 Å². The van der Waals surface area contributed by atoms with Crippen molar-refractivity contribution in [2.24, 2.45) is 0 Å². The van der Waals surface area contributed by atoms with Crippen LogP contribution in [0.2, 0.25) is 0 Å². The molecule has 5 heteroatoms. The van der Waals surface area contributed by atoms with E-state index < -0.39 is 0 Å². The quantitative estimate of drug-likeness (QED) is 0.777. The zero-order chi connectivity index (χ0) is 16.1. The van der Waals surface area contributed by atoms with E-state index in [9.17, 15) is 0 Å². The van der Waals surface area contributed by atoms with Gasteiger partial charge in [0.15, 0.2) is 0 Å². The standard InChI is InChI=1S/C18H17N3O2/c1-13-5-2-3-7-15(13)12-22-16-8-4-6-14(11-16)9-10-17-20-21-18(19)23-17/h2-11H,12H2,1H3,(H2,19,21)/b10-9+. The lowest BCUT2D eigenvalue weighted by Crippen LogP contribution is -1.97. The highest BCUT2D eigenvalue weighted by molar-refractivity contribution is 5.66. The molecule has 0 spiro atoms. The third-order valence-electron chi connectivity index (χ3n) is 3.39. The molecule has 0 aliphatic heterocycles. The molecule has 0 fully saturated rings. The number of hydrogen-bond acceptors (Lipinski definition) is 5. The van der Waals surface area contributed by atoms with Gasteiger partial charge in [-0.15, -0.1) is 5.10 Å². The van der Waals surface area contributed by atoms with Crippen LogP contribution in [0, 0.1) is 6.92 Å². The predicted octanol–water partition coefficient (Wildman–Crippen LogP) is 3.71. The molecule has 0 saturated heterocycles. The zero-order valence-electron chi connectivity index (χ0n) is 12.8. The van der Waals surface area contributed by atoms with Gasteiger partial charge in [-0.2, -0.15) is 0 Å². The summed E-state index contributed by atoms with van der Waals surface area (Å²) in [6, 6.07) is 16.0. The van der Waals surface area contributed by atoms with Crippen molar-refractivity contribution in [3.8, 4) is 5.75 Å². The Morgan fingerprint density at radius 2 is 1.96 bits per heavy atom. The number of rotatable bonds is 5. The van der Waals surface area contributed by atoms with E-state index in [0.29, 0.717) is 12.5 Å². The van der Waals surface area contributed by atoms with Crippen LogP contribution in [0.4, 0.5) is 6.01 Å². The maximum Gasteiger partial charge on any atom is 0.313 e. The average Bonchev–Trinajstić information content (AvgIpc) is 2.98. The molecule has 2 N–H and O–H groups in total. The molecule has 3 aromatic rings. The Labute approximate surface area is 134 Å². The van der Waals surface area contributed by atoms with Crippen LogP contribution >= 0.6 is 0 Å². The van der Waals surface area contributed by atoms with E-state index in [4.69, 9.17) is 14.9 Å². The van der Waals surface area contributed by atoms with Crippen LogP contribution in [0.3, 0.4) is 0 Å². The number of nitrogen functional groups attached to an aromatic ring is 1. The highest BCUT2D eigenvalue weighted by Gasteiger charge is 2.00. The van der Waals surface area contributed by atoms with Gasteiger partial charge in [0, 0.05) is 6.08 Å². The Bertz CT molecular complexity index is 824. The first kappa shape index (κ1) is 14.8. The van der Waals surface area contributed by atoms with Crippen molar-refractivity contribution < 1.29 is 9.15 Å². The molecule has 116 valence electrons. The first-order chi connectivity index (χ1) is 11.2. The van der Waals surface area contributed by atoms with E-state index in [1.54, 1.807) is 6.08 Å². The van der Waals surface area contributed by atoms with Crippen LogP contribution < -0.4 is 10.5 Å². The fraction of sp³-hybridized carbons (Fsp3) is 0.111. The minimum Gasteiger partial charge on any atom is -0.489 e. The summed E-state index contributed by atoms with van der Waals surface area (Å²) in [6.45, 7) is 2.62. The maximum atomic E-state index is 5.86. The van der Waals surface area contributed by atoms with Crippen LogP contribution in [0.15, 0.2) is 52.9 Å². The Morgan fingerprint density at radius 3 is 2.74 bits per heavy atom. The lowest BCUT2D eigenvalue weighted by Gasteiger charge is -2.09. The van der Waals surface area contributed by atoms with Crippen molar-refractivity contribution >= 4 is 18.2 Å². The van der Waals surface area contributed by atoms with Gasteiger partial charge < -0.3 is 14.9 Å². The summed E-state index contributed by atoms with van der Waals surface area (Å²) in [4.78, 5) is 0. The Morgan fingerprint density at radius 1 is 1.09 bits per heavy atom. The molecular weight excluding hydrogens is 290 g/mol. The van der Waals surface area contributed by atoms with Gasteiger partial charge in [0.25, 0.3) is 0 Å². The number of nitrogens with zero attached hydrogens (tertiary/aromatic N) is 2. The number of ether oxygens (including phenoxy) is 1. The Kier molecular flexibility index (Phi) is 4.38. The van der Waals surface area contributed by atoms with E-state index in [-0.39, 0.29) is 6.01 Å². The van der Waals surface area contributed by atoms with E-state index in [1.807, 2.05) is 42.5 Å². The summed E-state index contributed by atoms with van der Waals surface area (Å²) in [7, 11) is 0. The lowest BCUT2D eigenvalue weighted by atomic mass is 10.1. The fourth-order valence-corrected chi connectivity index (χ4v) is 2.12. The largest absolute Gasteiger partial charge is 0.489 e. The molecule has 0 saturated carbocycles. The van der Waals surface area contributed by atoms with E-state index in [0.717, 1.165) is 11.3 Å². The van der Waals surface area contributed by atoms with E-state index in [2.05, 4.69) is 29.3 Å². The summed E-state index contributed by atoms with van der Waals surface area (Å²) in [5, 5.41) is 7.38. The van der Waals surface area contributed by atoms with Crippen LogP contribution in [0.5, 0.6) is 5.75 Å². The van der Waals surface area contributed by atoms with Gasteiger partial charge in [-0.3, -0.25) is 0 Å². The molecular formula is C18H17N3O2. The number of aryl methyl sites for hydroxylation is 1. The molecule has 0 unspecified atom stereocenters. The second-order valence-electron chi connectivity index (χ2n) is 5.10. The van der Waals surface area contributed by atoms with Crippen molar-refractivity contribution in [3.05, 3.63) is 71.1 Å². The van der Waals surface area contributed by atoms with Crippen molar-refractivity contribution in [1.82, 2.24) is 10.2 Å². The second-order valence-corrected chi connectivity index (χ2v) is 5.10. The first-order valence-electron chi connectivity index (χ1n) is 7.25. The average molecular weight is 307 g/mol. The van der Waals surface area contributed by atoms with Crippen LogP contribution in [0.25, 0.3) is 12.2 Å². The van der Waals surface area contributed by atoms with Gasteiger partial charge in [0.1, 0.15) is 12.4 Å². The fourth-order valence-electron chi connectivity index (χ4n) is 2.12. The highest BCUT2D eigenvalue weighted by atomic mass is 16.5. The Balaban J connectivity index is 1.68. The van der Waals surface area contributed by atoms with E-state index >= 15 is 0 Å². The Hall–Kier alpha value is -3.08. The molecule has 23 heavy (non-hydrogen) atoms. The maximum absolute atomic E-state index is 5.86. The summed E-state index contributed by atoms with van der Waals surface area (Å²) < 4.78 is 11.0. The van der Waals surface area contributed by atoms with Gasteiger partial charge in [0.2, 0.25) is 5.89 Å². The van der Waals surface area contributed by atoms with Gasteiger partial charge in [-0.05, 0) is 41.8 Å². The normalized spacial score (nSPS) is 11.0. The van der Waals surface area contributed by atoms with Crippen molar-refractivity contribution in [2.75, 3.05) is 5.73 Å². The molecule has 0 aliphatic rings. The van der Waals surface area contributed by atoms with Gasteiger partial charge in [-0.1, -0.05) is 41.5 Å². The van der Waals surface area contributed by atoms with Gasteiger partial charge in [0.05, 0.1) is 0 Å². The van der Waals surface area contributed by atoms with Crippen LogP contribution in [0.1, 0.15) is 22.6 Å². The molecule has 0 atom stereocenters. The monoisotopic (exact) mass is 307 g/mol. The SMILES string of the molecule is Cc1ccccc1COc1cccc(/C=C/c2nnc(N)o2)c1. The molecule has 0 amide bonds. The summed E-state index contributed by atoms with van der Waals surface area (Å²) >= 11 is 0. The van der Waals surface area contributed by atoms with Crippen LogP contribution in [-0.4, -0.2) is 10.2 Å². The topological polar surface area (TPSA) is 74.2 Å². The first-order valence-corrected chi connectivity index (χ1v) is 7.25. The second kappa shape index (κ2) is 6.79. The number of hydrogen-bond donors (Lipinski definition) is 1. The molecule has 0 aliphatic carbocycles. The number of nitrogens with two attached hydrogens (primary N) is 1. The molecule has 1 aromatic heterocycles. The minimum atomic E-state index is 0.0555. The van der Waals surface area contributed by atoms with E-state index in [1.165, 1.54) is 11.1 Å². The molecule has 0 radical (unpaired) electrons. The van der Waals surface area contributed by atoms with Crippen molar-refractivity contribution in [3.63, 3.8) is 0 Å². The molecule has 0 bridgehead atoms. The molecule has 1 heterocycles.